The van der Waals surface area contributed by atoms with Crippen molar-refractivity contribution in [2.24, 2.45) is 0 Å². The van der Waals surface area contributed by atoms with Crippen molar-refractivity contribution in [3.63, 3.8) is 0 Å². The van der Waals surface area contributed by atoms with Gasteiger partial charge < -0.3 is 0 Å². The van der Waals surface area contributed by atoms with Crippen LogP contribution >= 0.6 is 43.2 Å². The molecule has 0 nitrogen and oxygen atoms in total. The van der Waals surface area contributed by atoms with E-state index in [1.807, 2.05) is 0 Å². The number of halogens is 2. The van der Waals surface area contributed by atoms with E-state index in [1.54, 1.807) is 11.3 Å². The third-order valence-corrected chi connectivity index (χ3v) is 5.09. The molecule has 0 radical (unpaired) electrons. The summed E-state index contributed by atoms with van der Waals surface area (Å²) in [6, 6.07) is 12.8. The van der Waals surface area contributed by atoms with E-state index < -0.39 is 0 Å². The highest BCUT2D eigenvalue weighted by molar-refractivity contribution is 9.12. The number of rotatable bonds is 0. The Morgan fingerprint density at radius 3 is 2.47 bits per heavy atom. The van der Waals surface area contributed by atoms with Gasteiger partial charge in [-0.2, -0.15) is 0 Å². The highest BCUT2D eigenvalue weighted by Crippen LogP contribution is 2.42. The quantitative estimate of drug-likeness (QED) is 0.500. The van der Waals surface area contributed by atoms with Crippen LogP contribution in [0, 0.1) is 0 Å². The van der Waals surface area contributed by atoms with Crippen LogP contribution in [0.1, 0.15) is 0 Å². The summed E-state index contributed by atoms with van der Waals surface area (Å²) in [6.07, 6.45) is 0. The van der Waals surface area contributed by atoms with Crippen LogP contribution in [0.5, 0.6) is 0 Å². The van der Waals surface area contributed by atoms with Crippen LogP contribution in [0.2, 0.25) is 0 Å². The van der Waals surface area contributed by atoms with E-state index in [4.69, 9.17) is 0 Å². The van der Waals surface area contributed by atoms with Crippen molar-refractivity contribution in [2.75, 3.05) is 0 Å². The summed E-state index contributed by atoms with van der Waals surface area (Å²) in [7, 11) is 0. The topological polar surface area (TPSA) is 0 Å². The molecule has 1 heterocycles. The highest BCUT2D eigenvalue weighted by Gasteiger charge is 2.09. The van der Waals surface area contributed by atoms with Crippen molar-refractivity contribution in [3.05, 3.63) is 44.0 Å². The first-order valence-corrected chi connectivity index (χ1v) is 6.93. The van der Waals surface area contributed by atoms with Gasteiger partial charge in [-0.3, -0.25) is 0 Å². The fraction of sp³-hybridized carbons (Fsp3) is 0. The Labute approximate surface area is 108 Å². The van der Waals surface area contributed by atoms with E-state index in [0.717, 1.165) is 0 Å². The highest BCUT2D eigenvalue weighted by atomic mass is 79.9. The summed E-state index contributed by atoms with van der Waals surface area (Å²) >= 11 is 8.95. The molecule has 0 aliphatic rings. The number of hydrogen-bond acceptors (Lipinski definition) is 1. The Kier molecular flexibility index (Phi) is 2.34. The number of thiophene rings is 1. The molecule has 3 heteroatoms. The Balaban J connectivity index is 2.64. The van der Waals surface area contributed by atoms with Crippen LogP contribution in [0.15, 0.2) is 44.0 Å². The fourth-order valence-electron chi connectivity index (χ4n) is 1.83. The zero-order chi connectivity index (χ0) is 10.4. The molecule has 0 amide bonds. The van der Waals surface area contributed by atoms with Crippen molar-refractivity contribution < 1.29 is 0 Å². The minimum Gasteiger partial charge on any atom is -0.120 e. The van der Waals surface area contributed by atoms with E-state index in [9.17, 15) is 0 Å². The van der Waals surface area contributed by atoms with Crippen molar-refractivity contribution in [1.29, 1.82) is 0 Å². The second kappa shape index (κ2) is 3.58. The molecule has 0 bridgehead atoms. The third kappa shape index (κ3) is 1.45. The van der Waals surface area contributed by atoms with Crippen molar-refractivity contribution in [1.82, 2.24) is 0 Å². The van der Waals surface area contributed by atoms with Crippen molar-refractivity contribution in [3.8, 4) is 0 Å². The summed E-state index contributed by atoms with van der Waals surface area (Å²) in [5, 5.41) is 5.19. The van der Waals surface area contributed by atoms with Crippen molar-refractivity contribution >= 4 is 64.7 Å². The lowest BCUT2D eigenvalue weighted by molar-refractivity contribution is 1.81. The first-order chi connectivity index (χ1) is 7.27. The van der Waals surface area contributed by atoms with Gasteiger partial charge in [0.1, 0.15) is 0 Å². The standard InChI is InChI=1S/C12H6Br2S/c13-11-9-6-5-7-3-1-2-4-8(7)10(9)12(14)15-11/h1-6H. The first-order valence-electron chi connectivity index (χ1n) is 4.52. The Bertz CT molecular complexity index is 655. The maximum atomic E-state index is 3.63. The van der Waals surface area contributed by atoms with Gasteiger partial charge in [0, 0.05) is 10.8 Å². The van der Waals surface area contributed by atoms with Gasteiger partial charge in [-0.15, -0.1) is 11.3 Å². The smallest absolute Gasteiger partial charge is 0.0795 e. The Morgan fingerprint density at radius 1 is 0.800 bits per heavy atom. The predicted molar refractivity (Wildman–Crippen MR) is 74.7 cm³/mol. The van der Waals surface area contributed by atoms with E-state index in [1.165, 1.54) is 29.1 Å². The lowest BCUT2D eigenvalue weighted by Crippen LogP contribution is -1.73. The zero-order valence-electron chi connectivity index (χ0n) is 7.63. The number of hydrogen-bond donors (Lipinski definition) is 0. The van der Waals surface area contributed by atoms with Crippen LogP contribution in [0.3, 0.4) is 0 Å². The van der Waals surface area contributed by atoms with Gasteiger partial charge in [-0.05, 0) is 42.6 Å². The number of benzene rings is 2. The fourth-order valence-corrected chi connectivity index (χ4v) is 4.97. The van der Waals surface area contributed by atoms with Crippen LogP contribution in [0.4, 0.5) is 0 Å². The van der Waals surface area contributed by atoms with Gasteiger partial charge in [-0.25, -0.2) is 0 Å². The summed E-state index contributed by atoms with van der Waals surface area (Å²) in [5.74, 6) is 0. The largest absolute Gasteiger partial charge is 0.120 e. The van der Waals surface area contributed by atoms with E-state index >= 15 is 0 Å². The SMILES string of the molecule is Brc1sc(Br)c2c1ccc1ccccc12. The Morgan fingerprint density at radius 2 is 1.60 bits per heavy atom. The molecular weight excluding hydrogens is 336 g/mol. The molecule has 15 heavy (non-hydrogen) atoms. The monoisotopic (exact) mass is 340 g/mol. The molecule has 0 saturated carbocycles. The maximum Gasteiger partial charge on any atom is 0.0795 e. The summed E-state index contributed by atoms with van der Waals surface area (Å²) in [5.41, 5.74) is 0. The van der Waals surface area contributed by atoms with E-state index in [-0.39, 0.29) is 0 Å². The molecule has 3 rings (SSSR count). The molecule has 0 aliphatic heterocycles. The minimum absolute atomic E-state index is 1.19. The average molecular weight is 342 g/mol. The van der Waals surface area contributed by atoms with Gasteiger partial charge in [0.05, 0.1) is 7.57 Å². The zero-order valence-corrected chi connectivity index (χ0v) is 11.6. The summed E-state index contributed by atoms with van der Waals surface area (Å²) < 4.78 is 2.39. The molecule has 0 aliphatic carbocycles. The van der Waals surface area contributed by atoms with E-state index in [0.29, 0.717) is 0 Å². The van der Waals surface area contributed by atoms with Gasteiger partial charge in [0.2, 0.25) is 0 Å². The normalized spacial score (nSPS) is 11.3. The van der Waals surface area contributed by atoms with Gasteiger partial charge >= 0.3 is 0 Å². The Hall–Kier alpha value is -0.380. The van der Waals surface area contributed by atoms with Gasteiger partial charge in [0.15, 0.2) is 0 Å². The molecule has 2 aromatic carbocycles. The summed E-state index contributed by atoms with van der Waals surface area (Å²) in [4.78, 5) is 0. The second-order valence-electron chi connectivity index (χ2n) is 3.36. The average Bonchev–Trinajstić information content (AvgIpc) is 2.55. The molecular formula is C12H6Br2S. The van der Waals surface area contributed by atoms with Crippen molar-refractivity contribution in [2.45, 2.75) is 0 Å². The molecule has 3 aromatic rings. The van der Waals surface area contributed by atoms with Crippen LogP contribution in [-0.4, -0.2) is 0 Å². The molecule has 74 valence electrons. The maximum absolute atomic E-state index is 3.63. The lowest BCUT2D eigenvalue weighted by atomic mass is 10.1. The molecule has 0 saturated heterocycles. The molecule has 1 aromatic heterocycles. The molecule has 0 N–H and O–H groups in total. The second-order valence-corrected chi connectivity index (χ2v) is 7.02. The van der Waals surface area contributed by atoms with Gasteiger partial charge in [0.25, 0.3) is 0 Å². The van der Waals surface area contributed by atoms with Crippen LogP contribution in [-0.2, 0) is 0 Å². The van der Waals surface area contributed by atoms with Gasteiger partial charge in [-0.1, -0.05) is 36.4 Å². The molecule has 0 atom stereocenters. The predicted octanol–water partition coefficient (Wildman–Crippen LogP) is 5.58. The van der Waals surface area contributed by atoms with Crippen LogP contribution < -0.4 is 0 Å². The molecule has 0 fully saturated rings. The molecule has 0 unspecified atom stereocenters. The first kappa shape index (κ1) is 9.82. The minimum atomic E-state index is 1.19. The number of fused-ring (bicyclic) bond motifs is 3. The summed E-state index contributed by atoms with van der Waals surface area (Å²) in [6.45, 7) is 0. The lowest BCUT2D eigenvalue weighted by Gasteiger charge is -1.99. The van der Waals surface area contributed by atoms with E-state index in [2.05, 4.69) is 68.3 Å². The molecule has 0 spiro atoms. The third-order valence-electron chi connectivity index (χ3n) is 2.52. The van der Waals surface area contributed by atoms with Crippen LogP contribution in [0.25, 0.3) is 21.5 Å².